The van der Waals surface area contributed by atoms with Crippen LogP contribution in [0.15, 0.2) is 12.7 Å². The molecule has 0 rings (SSSR count). The number of allylic oxidation sites excluding steroid dienone is 1. The Bertz CT molecular complexity index is 99.0. The fourth-order valence-corrected chi connectivity index (χ4v) is 0.997. The first-order chi connectivity index (χ1) is 5.20. The average Bonchev–Trinajstić information content (AvgIpc) is 2.04. The van der Waals surface area contributed by atoms with Crippen molar-refractivity contribution in [1.82, 2.24) is 0 Å². The molecule has 2 atom stereocenters. The first-order valence-corrected chi connectivity index (χ1v) is 4.44. The molecule has 0 heterocycles. The van der Waals surface area contributed by atoms with Gasteiger partial charge in [-0.3, -0.25) is 0 Å². The van der Waals surface area contributed by atoms with Gasteiger partial charge < -0.3 is 5.11 Å². The van der Waals surface area contributed by atoms with Crippen molar-refractivity contribution in [2.24, 2.45) is 11.8 Å². The molecule has 0 spiro atoms. The summed E-state index contributed by atoms with van der Waals surface area (Å²) in [6.07, 6.45) is 5.53. The molecule has 0 aromatic carbocycles. The SMILES string of the molecule is C=C[C@@H](C)CCC[C@@H](C)CO. The maximum Gasteiger partial charge on any atom is 0.0456 e. The van der Waals surface area contributed by atoms with Crippen LogP contribution in [0.4, 0.5) is 0 Å². The molecule has 1 N–H and O–H groups in total. The molecular weight excluding hydrogens is 136 g/mol. The highest BCUT2D eigenvalue weighted by Crippen LogP contribution is 2.12. The predicted octanol–water partition coefficient (Wildman–Crippen LogP) is 2.61. The molecule has 0 fully saturated rings. The van der Waals surface area contributed by atoms with Crippen LogP contribution < -0.4 is 0 Å². The molecule has 1 nitrogen and oxygen atoms in total. The number of rotatable bonds is 6. The van der Waals surface area contributed by atoms with Crippen molar-refractivity contribution in [1.29, 1.82) is 0 Å². The molecule has 1 heteroatoms. The molecule has 0 bridgehead atoms. The molecule has 0 saturated heterocycles. The highest BCUT2D eigenvalue weighted by molar-refractivity contribution is 4.74. The minimum atomic E-state index is 0.322. The van der Waals surface area contributed by atoms with E-state index in [1.807, 2.05) is 6.08 Å². The zero-order valence-corrected chi connectivity index (χ0v) is 7.71. The van der Waals surface area contributed by atoms with E-state index in [4.69, 9.17) is 5.11 Å². The molecule has 0 unspecified atom stereocenters. The normalized spacial score (nSPS) is 15.9. The zero-order chi connectivity index (χ0) is 8.69. The van der Waals surface area contributed by atoms with Crippen LogP contribution >= 0.6 is 0 Å². The molecular formula is C10H20O. The summed E-state index contributed by atoms with van der Waals surface area (Å²) in [5.41, 5.74) is 0. The summed E-state index contributed by atoms with van der Waals surface area (Å²) in [6.45, 7) is 8.31. The number of aliphatic hydroxyl groups is 1. The van der Waals surface area contributed by atoms with Gasteiger partial charge in [0.25, 0.3) is 0 Å². The predicted molar refractivity (Wildman–Crippen MR) is 49.5 cm³/mol. The lowest BCUT2D eigenvalue weighted by Crippen LogP contribution is -2.01. The van der Waals surface area contributed by atoms with Crippen LogP contribution in [0.25, 0.3) is 0 Å². The third kappa shape index (κ3) is 6.11. The molecule has 0 saturated carbocycles. The van der Waals surface area contributed by atoms with Gasteiger partial charge in [-0.15, -0.1) is 6.58 Å². The van der Waals surface area contributed by atoms with Crippen molar-refractivity contribution in [2.75, 3.05) is 6.61 Å². The Balaban J connectivity index is 3.19. The van der Waals surface area contributed by atoms with Crippen molar-refractivity contribution >= 4 is 0 Å². The van der Waals surface area contributed by atoms with Crippen LogP contribution in [0.3, 0.4) is 0 Å². The van der Waals surface area contributed by atoms with Crippen molar-refractivity contribution in [3.05, 3.63) is 12.7 Å². The smallest absolute Gasteiger partial charge is 0.0456 e. The fourth-order valence-electron chi connectivity index (χ4n) is 0.997. The van der Waals surface area contributed by atoms with Crippen LogP contribution in [-0.2, 0) is 0 Å². The monoisotopic (exact) mass is 156 g/mol. The topological polar surface area (TPSA) is 20.2 Å². The summed E-state index contributed by atoms with van der Waals surface area (Å²) in [5.74, 6) is 1.09. The molecule has 0 aromatic heterocycles. The third-order valence-corrected chi connectivity index (χ3v) is 2.07. The summed E-state index contributed by atoms with van der Waals surface area (Å²) in [6, 6.07) is 0. The molecule has 0 aliphatic rings. The van der Waals surface area contributed by atoms with Gasteiger partial charge in [-0.1, -0.05) is 26.3 Å². The Morgan fingerprint density at radius 3 is 2.45 bits per heavy atom. The molecule has 66 valence electrons. The first-order valence-electron chi connectivity index (χ1n) is 4.44. The van der Waals surface area contributed by atoms with E-state index in [2.05, 4.69) is 20.4 Å². The van der Waals surface area contributed by atoms with Crippen LogP contribution in [0.1, 0.15) is 33.1 Å². The van der Waals surface area contributed by atoms with E-state index < -0.39 is 0 Å². The molecule has 0 aliphatic heterocycles. The second-order valence-corrected chi connectivity index (χ2v) is 3.43. The minimum Gasteiger partial charge on any atom is -0.396 e. The van der Waals surface area contributed by atoms with Crippen LogP contribution in [0, 0.1) is 11.8 Å². The summed E-state index contributed by atoms with van der Waals surface area (Å²) in [7, 11) is 0. The zero-order valence-electron chi connectivity index (χ0n) is 7.71. The van der Waals surface area contributed by atoms with Crippen LogP contribution in [0.2, 0.25) is 0 Å². The van der Waals surface area contributed by atoms with E-state index in [1.165, 1.54) is 12.8 Å². The van der Waals surface area contributed by atoms with Crippen molar-refractivity contribution in [3.63, 3.8) is 0 Å². The Morgan fingerprint density at radius 1 is 1.36 bits per heavy atom. The van der Waals surface area contributed by atoms with E-state index in [0.29, 0.717) is 18.4 Å². The highest BCUT2D eigenvalue weighted by Gasteiger charge is 2.00. The van der Waals surface area contributed by atoms with Gasteiger partial charge in [0, 0.05) is 6.61 Å². The highest BCUT2D eigenvalue weighted by atomic mass is 16.3. The van der Waals surface area contributed by atoms with Gasteiger partial charge in [0.15, 0.2) is 0 Å². The van der Waals surface area contributed by atoms with Gasteiger partial charge in [0.05, 0.1) is 0 Å². The van der Waals surface area contributed by atoms with Gasteiger partial charge in [-0.2, -0.15) is 0 Å². The van der Waals surface area contributed by atoms with Crippen molar-refractivity contribution < 1.29 is 5.11 Å². The van der Waals surface area contributed by atoms with Crippen molar-refractivity contribution in [3.8, 4) is 0 Å². The van der Waals surface area contributed by atoms with Gasteiger partial charge in [0.1, 0.15) is 0 Å². The van der Waals surface area contributed by atoms with Gasteiger partial charge in [-0.25, -0.2) is 0 Å². The first kappa shape index (κ1) is 10.7. The Hall–Kier alpha value is -0.300. The summed E-state index contributed by atoms with van der Waals surface area (Å²) >= 11 is 0. The van der Waals surface area contributed by atoms with Gasteiger partial charge >= 0.3 is 0 Å². The Kier molecular flexibility index (Phi) is 6.24. The second kappa shape index (κ2) is 6.41. The maximum atomic E-state index is 8.74. The summed E-state index contributed by atoms with van der Waals surface area (Å²) in [4.78, 5) is 0. The fraction of sp³-hybridized carbons (Fsp3) is 0.800. The standard InChI is InChI=1S/C10H20O/c1-4-9(2)6-5-7-10(3)8-11/h4,9-11H,1,5-8H2,2-3H3/t9-,10-/m1/s1. The molecule has 11 heavy (non-hydrogen) atoms. The van der Waals surface area contributed by atoms with E-state index in [0.717, 1.165) is 6.42 Å². The Morgan fingerprint density at radius 2 is 2.00 bits per heavy atom. The molecule has 0 aliphatic carbocycles. The molecule has 0 aromatic rings. The second-order valence-electron chi connectivity index (χ2n) is 3.43. The molecule has 0 radical (unpaired) electrons. The summed E-state index contributed by atoms with van der Waals surface area (Å²) in [5, 5.41) is 8.74. The van der Waals surface area contributed by atoms with E-state index >= 15 is 0 Å². The average molecular weight is 156 g/mol. The lowest BCUT2D eigenvalue weighted by molar-refractivity contribution is 0.226. The largest absolute Gasteiger partial charge is 0.396 e. The summed E-state index contributed by atoms with van der Waals surface area (Å²) < 4.78 is 0. The quantitative estimate of drug-likeness (QED) is 0.586. The van der Waals surface area contributed by atoms with Gasteiger partial charge in [0.2, 0.25) is 0 Å². The van der Waals surface area contributed by atoms with Gasteiger partial charge in [-0.05, 0) is 24.7 Å². The number of hydrogen-bond donors (Lipinski definition) is 1. The van der Waals surface area contributed by atoms with Crippen molar-refractivity contribution in [2.45, 2.75) is 33.1 Å². The molecule has 0 amide bonds. The minimum absolute atomic E-state index is 0.322. The van der Waals surface area contributed by atoms with E-state index in [9.17, 15) is 0 Å². The maximum absolute atomic E-state index is 8.74. The third-order valence-electron chi connectivity index (χ3n) is 2.07. The number of hydrogen-bond acceptors (Lipinski definition) is 1. The van der Waals surface area contributed by atoms with E-state index in [-0.39, 0.29) is 0 Å². The lowest BCUT2D eigenvalue weighted by Gasteiger charge is -2.08. The van der Waals surface area contributed by atoms with Crippen LogP contribution in [0.5, 0.6) is 0 Å². The number of aliphatic hydroxyl groups excluding tert-OH is 1. The Labute approximate surface area is 70.1 Å². The lowest BCUT2D eigenvalue weighted by atomic mass is 9.99. The van der Waals surface area contributed by atoms with E-state index in [1.54, 1.807) is 0 Å². The van der Waals surface area contributed by atoms with Crippen LogP contribution in [-0.4, -0.2) is 11.7 Å².